The molecule has 1 aromatic rings. The third-order valence-electron chi connectivity index (χ3n) is 6.93. The molecule has 6 heteroatoms. The Labute approximate surface area is 174 Å². The summed E-state index contributed by atoms with van der Waals surface area (Å²) in [7, 11) is 0. The van der Waals surface area contributed by atoms with E-state index in [1.165, 1.54) is 25.1 Å². The number of amides is 2. The molecule has 6 nitrogen and oxygen atoms in total. The van der Waals surface area contributed by atoms with Crippen LogP contribution in [-0.4, -0.2) is 61.5 Å². The molecule has 3 aliphatic rings. The van der Waals surface area contributed by atoms with E-state index in [0.717, 1.165) is 37.7 Å². The van der Waals surface area contributed by atoms with E-state index in [0.29, 0.717) is 24.9 Å². The van der Waals surface area contributed by atoms with Crippen LogP contribution in [0.5, 0.6) is 0 Å². The van der Waals surface area contributed by atoms with Gasteiger partial charge in [0, 0.05) is 43.8 Å². The molecule has 3 saturated heterocycles. The van der Waals surface area contributed by atoms with Gasteiger partial charge in [-0.25, -0.2) is 0 Å². The number of benzene rings is 1. The predicted molar refractivity (Wildman–Crippen MR) is 115 cm³/mol. The summed E-state index contributed by atoms with van der Waals surface area (Å²) in [4.78, 5) is 28.7. The van der Waals surface area contributed by atoms with Crippen LogP contribution in [0.4, 0.5) is 5.69 Å². The van der Waals surface area contributed by atoms with Crippen LogP contribution in [0.3, 0.4) is 0 Å². The largest absolute Gasteiger partial charge is 0.368 e. The number of carbonyl (C=O) groups is 2. The Morgan fingerprint density at radius 3 is 2.24 bits per heavy atom. The first-order valence-electron chi connectivity index (χ1n) is 11.2. The zero-order chi connectivity index (χ0) is 20.4. The van der Waals surface area contributed by atoms with Crippen LogP contribution in [0.2, 0.25) is 0 Å². The van der Waals surface area contributed by atoms with E-state index >= 15 is 0 Å². The minimum atomic E-state index is -0.207. The van der Waals surface area contributed by atoms with Crippen molar-refractivity contribution < 1.29 is 9.59 Å². The van der Waals surface area contributed by atoms with Gasteiger partial charge in [-0.15, -0.1) is 0 Å². The van der Waals surface area contributed by atoms with E-state index < -0.39 is 0 Å². The summed E-state index contributed by atoms with van der Waals surface area (Å²) in [6.07, 6.45) is 3.61. The third kappa shape index (κ3) is 4.64. The molecule has 0 bridgehead atoms. The lowest BCUT2D eigenvalue weighted by Gasteiger charge is -2.47. The number of piperidine rings is 2. The Hall–Kier alpha value is -1.92. The van der Waals surface area contributed by atoms with Gasteiger partial charge >= 0.3 is 0 Å². The van der Waals surface area contributed by atoms with Gasteiger partial charge in [0.2, 0.25) is 11.8 Å². The smallest absolute Gasteiger partial charge is 0.234 e. The van der Waals surface area contributed by atoms with Crippen molar-refractivity contribution in [1.82, 2.24) is 15.5 Å². The van der Waals surface area contributed by atoms with E-state index in [-0.39, 0.29) is 17.7 Å². The Balaban J connectivity index is 1.38. The molecule has 1 unspecified atom stereocenters. The number of imide groups is 1. The first kappa shape index (κ1) is 20.4. The molecule has 0 spiro atoms. The van der Waals surface area contributed by atoms with Crippen molar-refractivity contribution in [2.24, 2.45) is 5.92 Å². The highest BCUT2D eigenvalue weighted by Crippen LogP contribution is 2.29. The lowest BCUT2D eigenvalue weighted by molar-refractivity contribution is -0.134. The summed E-state index contributed by atoms with van der Waals surface area (Å²) in [6, 6.07) is 9.46. The highest BCUT2D eigenvalue weighted by atomic mass is 16.2. The number of piperazine rings is 1. The zero-order valence-electron chi connectivity index (χ0n) is 17.7. The van der Waals surface area contributed by atoms with Gasteiger partial charge in [-0.3, -0.25) is 19.8 Å². The van der Waals surface area contributed by atoms with Gasteiger partial charge < -0.3 is 10.2 Å². The first-order chi connectivity index (χ1) is 14.0. The molecule has 0 aliphatic carbocycles. The van der Waals surface area contributed by atoms with Gasteiger partial charge in [0.05, 0.1) is 5.92 Å². The minimum absolute atomic E-state index is 0.159. The molecule has 3 aliphatic heterocycles. The molecule has 2 amide bonds. The van der Waals surface area contributed by atoms with Crippen molar-refractivity contribution in [2.45, 2.75) is 57.5 Å². The Kier molecular flexibility index (Phi) is 6.20. The normalized spacial score (nSPS) is 29.7. The van der Waals surface area contributed by atoms with Gasteiger partial charge in [-0.1, -0.05) is 12.1 Å². The Morgan fingerprint density at radius 1 is 0.966 bits per heavy atom. The van der Waals surface area contributed by atoms with E-state index in [1.807, 2.05) is 0 Å². The molecule has 1 aromatic carbocycles. The van der Waals surface area contributed by atoms with Gasteiger partial charge in [0.1, 0.15) is 0 Å². The van der Waals surface area contributed by atoms with Crippen molar-refractivity contribution >= 4 is 17.5 Å². The zero-order valence-corrected chi connectivity index (χ0v) is 17.7. The molecule has 2 N–H and O–H groups in total. The molecule has 3 fully saturated rings. The molecule has 3 atom stereocenters. The van der Waals surface area contributed by atoms with Crippen LogP contribution in [0, 0.1) is 5.92 Å². The van der Waals surface area contributed by atoms with Crippen molar-refractivity contribution in [2.75, 3.05) is 37.6 Å². The standard InChI is InChI=1S/C23H34N4O2/c1-16-13-26(14-17(2)27(16)15-18-9-11-24-12-10-18)20-5-3-19(4-6-20)21-7-8-22(28)25-23(21)29/h3-6,16-18,21,24H,7-15H2,1-2H3,(H,25,28,29)/t16-,17+,21?. The lowest BCUT2D eigenvalue weighted by Crippen LogP contribution is -2.58. The molecule has 0 saturated carbocycles. The topological polar surface area (TPSA) is 64.7 Å². The van der Waals surface area contributed by atoms with Gasteiger partial charge in [0.25, 0.3) is 0 Å². The summed E-state index contributed by atoms with van der Waals surface area (Å²) in [5, 5.41) is 5.93. The third-order valence-corrected chi connectivity index (χ3v) is 6.93. The predicted octanol–water partition coefficient (Wildman–Crippen LogP) is 2.11. The second kappa shape index (κ2) is 8.84. The number of rotatable bonds is 4. The van der Waals surface area contributed by atoms with E-state index in [1.54, 1.807) is 0 Å². The minimum Gasteiger partial charge on any atom is -0.368 e. The summed E-state index contributed by atoms with van der Waals surface area (Å²) < 4.78 is 0. The monoisotopic (exact) mass is 398 g/mol. The average molecular weight is 399 g/mol. The first-order valence-corrected chi connectivity index (χ1v) is 11.2. The van der Waals surface area contributed by atoms with E-state index in [2.05, 4.69) is 58.5 Å². The molecule has 3 heterocycles. The lowest BCUT2D eigenvalue weighted by atomic mass is 9.90. The molecule has 0 radical (unpaired) electrons. The van der Waals surface area contributed by atoms with Crippen molar-refractivity contribution in [3.8, 4) is 0 Å². The van der Waals surface area contributed by atoms with Gasteiger partial charge in [0.15, 0.2) is 0 Å². The number of nitrogens with one attached hydrogen (secondary N) is 2. The van der Waals surface area contributed by atoms with Crippen LogP contribution < -0.4 is 15.5 Å². The van der Waals surface area contributed by atoms with Crippen molar-refractivity contribution in [1.29, 1.82) is 0 Å². The number of hydrogen-bond acceptors (Lipinski definition) is 5. The van der Waals surface area contributed by atoms with Crippen LogP contribution in [0.15, 0.2) is 24.3 Å². The SMILES string of the molecule is C[C@@H]1CN(c2ccc(C3CCC(=O)NC3=O)cc2)C[C@H](C)N1CC1CCNCC1. The Bertz CT molecular complexity index is 717. The number of carbonyl (C=O) groups excluding carboxylic acids is 2. The maximum absolute atomic E-state index is 12.1. The fraction of sp³-hybridized carbons (Fsp3) is 0.652. The van der Waals surface area contributed by atoms with Crippen LogP contribution in [-0.2, 0) is 9.59 Å². The molecule has 158 valence electrons. The number of hydrogen-bond donors (Lipinski definition) is 2. The van der Waals surface area contributed by atoms with Crippen LogP contribution >= 0.6 is 0 Å². The van der Waals surface area contributed by atoms with E-state index in [9.17, 15) is 9.59 Å². The fourth-order valence-corrected chi connectivity index (χ4v) is 5.22. The molecule has 0 aromatic heterocycles. The number of nitrogens with zero attached hydrogens (tertiary/aromatic N) is 2. The maximum Gasteiger partial charge on any atom is 0.234 e. The second-order valence-electron chi connectivity index (χ2n) is 9.09. The van der Waals surface area contributed by atoms with Gasteiger partial charge in [-0.05, 0) is 69.8 Å². The number of anilines is 1. The molecule has 4 rings (SSSR count). The summed E-state index contributed by atoms with van der Waals surface area (Å²) in [5.41, 5.74) is 2.23. The van der Waals surface area contributed by atoms with Gasteiger partial charge in [-0.2, -0.15) is 0 Å². The maximum atomic E-state index is 12.1. The highest BCUT2D eigenvalue weighted by molar-refractivity contribution is 6.00. The van der Waals surface area contributed by atoms with Crippen LogP contribution in [0.1, 0.15) is 51.0 Å². The highest BCUT2D eigenvalue weighted by Gasteiger charge is 2.32. The quantitative estimate of drug-likeness (QED) is 0.761. The summed E-state index contributed by atoms with van der Waals surface area (Å²) >= 11 is 0. The Morgan fingerprint density at radius 2 is 1.62 bits per heavy atom. The fourth-order valence-electron chi connectivity index (χ4n) is 5.22. The summed E-state index contributed by atoms with van der Waals surface area (Å²) in [5.74, 6) is 0.290. The molecule has 29 heavy (non-hydrogen) atoms. The van der Waals surface area contributed by atoms with E-state index in [4.69, 9.17) is 0 Å². The molecular weight excluding hydrogens is 364 g/mol. The van der Waals surface area contributed by atoms with Crippen molar-refractivity contribution in [3.63, 3.8) is 0 Å². The second-order valence-corrected chi connectivity index (χ2v) is 9.09. The average Bonchev–Trinajstić information content (AvgIpc) is 2.71. The summed E-state index contributed by atoms with van der Waals surface area (Å²) in [6.45, 7) is 10.3. The van der Waals surface area contributed by atoms with Crippen LogP contribution in [0.25, 0.3) is 0 Å². The molecular formula is C23H34N4O2. The van der Waals surface area contributed by atoms with Crippen molar-refractivity contribution in [3.05, 3.63) is 29.8 Å².